The minimum Gasteiger partial charge on any atom is -0.269 e. The third-order valence-corrected chi connectivity index (χ3v) is 4.02. The zero-order chi connectivity index (χ0) is 21.3. The first-order valence-corrected chi connectivity index (χ1v) is 7.30. The minimum atomic E-state index is -6.05. The molecule has 1 aromatic heterocycles. The summed E-state index contributed by atoms with van der Waals surface area (Å²) in [6, 6.07) is 0.501. The molecule has 2 aromatic rings. The predicted molar refractivity (Wildman–Crippen MR) is 73.7 cm³/mol. The predicted octanol–water partition coefficient (Wildman–Crippen LogP) is 4.67. The van der Waals surface area contributed by atoms with E-state index in [9.17, 15) is 44.3 Å². The number of halogens is 10. The van der Waals surface area contributed by atoms with Gasteiger partial charge < -0.3 is 0 Å². The van der Waals surface area contributed by atoms with E-state index in [2.05, 4.69) is 9.72 Å². The lowest BCUT2D eigenvalue weighted by Crippen LogP contribution is -2.36. The number of alkyl halides is 9. The molecule has 0 amide bonds. The molecule has 0 fully saturated rings. The fourth-order valence-corrected chi connectivity index (χ4v) is 2.65. The lowest BCUT2D eigenvalue weighted by Gasteiger charge is -2.19. The van der Waals surface area contributed by atoms with E-state index in [0.717, 1.165) is 0 Å². The average Bonchev–Trinajstić information content (AvgIpc) is 2.70. The van der Waals surface area contributed by atoms with Gasteiger partial charge in [0.2, 0.25) is 0 Å². The van der Waals surface area contributed by atoms with Gasteiger partial charge in [0.25, 0.3) is 5.56 Å². The van der Waals surface area contributed by atoms with E-state index >= 15 is 0 Å². The van der Waals surface area contributed by atoms with Gasteiger partial charge in [0.05, 0.1) is 21.8 Å². The highest BCUT2D eigenvalue weighted by Gasteiger charge is 2.60. The van der Waals surface area contributed by atoms with Crippen molar-refractivity contribution in [2.75, 3.05) is 0 Å². The monoisotopic (exact) mass is 438 g/mol. The second-order valence-corrected chi connectivity index (χ2v) is 5.95. The second kappa shape index (κ2) is 5.86. The maximum Gasteiger partial charge on any atom is 0.459 e. The maximum atomic E-state index is 13.6. The van der Waals surface area contributed by atoms with Gasteiger partial charge in [0, 0.05) is 6.07 Å². The lowest BCUT2D eigenvalue weighted by molar-refractivity contribution is -0.369. The summed E-state index contributed by atoms with van der Waals surface area (Å²) < 4.78 is 121. The van der Waals surface area contributed by atoms with Crippen molar-refractivity contribution in [2.24, 2.45) is 0 Å². The molecular weight excluding hydrogens is 435 g/mol. The summed E-state index contributed by atoms with van der Waals surface area (Å²) in [5.41, 5.74) is -6.87. The molecule has 4 nitrogen and oxygen atoms in total. The largest absolute Gasteiger partial charge is 0.459 e. The van der Waals surface area contributed by atoms with E-state index in [1.165, 1.54) is 0 Å². The molecule has 2 heterocycles. The standard InChI is InChI=1S/C14H4ClF9N2O2/c15-7-1-5-6(13(20,21)28-12(5,18)19)2-8(7)26-4-25-9(3-10(26)27)11(16,17)14(22,23)24/h1-4H. The highest BCUT2D eigenvalue weighted by Crippen LogP contribution is 2.52. The van der Waals surface area contributed by atoms with Crippen LogP contribution in [0.1, 0.15) is 16.8 Å². The molecule has 0 unspecified atom stereocenters. The molecule has 0 spiro atoms. The number of nitrogens with zero attached hydrogens (tertiary/aromatic N) is 2. The Kier molecular flexibility index (Phi) is 4.28. The van der Waals surface area contributed by atoms with Crippen LogP contribution in [0.2, 0.25) is 5.02 Å². The zero-order valence-electron chi connectivity index (χ0n) is 12.8. The van der Waals surface area contributed by atoms with E-state index < -0.39 is 57.4 Å². The van der Waals surface area contributed by atoms with Gasteiger partial charge in [0.1, 0.15) is 12.0 Å². The van der Waals surface area contributed by atoms with Crippen molar-refractivity contribution in [1.29, 1.82) is 0 Å². The summed E-state index contributed by atoms with van der Waals surface area (Å²) in [7, 11) is 0. The van der Waals surface area contributed by atoms with Crippen LogP contribution in [0.3, 0.4) is 0 Å². The summed E-state index contributed by atoms with van der Waals surface area (Å²) in [6.45, 7) is 0. The number of aromatic nitrogens is 2. The summed E-state index contributed by atoms with van der Waals surface area (Å²) in [5, 5.41) is -0.709. The Balaban J connectivity index is 2.16. The van der Waals surface area contributed by atoms with Gasteiger partial charge in [-0.15, -0.1) is 0 Å². The highest BCUT2D eigenvalue weighted by molar-refractivity contribution is 6.32. The normalized spacial score (nSPS) is 18.2. The third-order valence-electron chi connectivity index (χ3n) is 3.72. The number of rotatable bonds is 2. The SMILES string of the molecule is O=c1cc(C(F)(F)C(F)(F)F)ncn1-c1cc2c(cc1Cl)C(F)(F)OC2(F)F. The van der Waals surface area contributed by atoms with Crippen LogP contribution in [0.5, 0.6) is 0 Å². The van der Waals surface area contributed by atoms with Crippen LogP contribution in [0.4, 0.5) is 39.5 Å². The van der Waals surface area contributed by atoms with Gasteiger partial charge in [-0.05, 0) is 12.1 Å². The summed E-state index contributed by atoms with van der Waals surface area (Å²) in [4.78, 5) is 14.8. The molecule has 152 valence electrons. The number of fused-ring (bicyclic) bond motifs is 1. The Morgan fingerprint density at radius 1 is 0.964 bits per heavy atom. The fourth-order valence-electron chi connectivity index (χ4n) is 2.40. The second-order valence-electron chi connectivity index (χ2n) is 5.54. The molecular formula is C14H4ClF9N2O2. The number of hydrogen-bond donors (Lipinski definition) is 0. The highest BCUT2D eigenvalue weighted by atomic mass is 35.5. The molecule has 0 bridgehead atoms. The molecule has 28 heavy (non-hydrogen) atoms. The Bertz CT molecular complexity index is 1020. The quantitative estimate of drug-likeness (QED) is 0.640. The van der Waals surface area contributed by atoms with Crippen molar-refractivity contribution in [3.05, 3.63) is 56.7 Å². The van der Waals surface area contributed by atoms with Gasteiger partial charge in [-0.2, -0.15) is 39.5 Å². The van der Waals surface area contributed by atoms with Crippen molar-refractivity contribution < 1.29 is 44.3 Å². The van der Waals surface area contributed by atoms with E-state index in [1.807, 2.05) is 0 Å². The Morgan fingerprint density at radius 3 is 2.00 bits per heavy atom. The Labute approximate surface area is 153 Å². The third kappa shape index (κ3) is 3.02. The number of benzene rings is 1. The summed E-state index contributed by atoms with van der Waals surface area (Å²) in [5.74, 6) is -5.46. The first kappa shape index (κ1) is 20.5. The average molecular weight is 439 g/mol. The van der Waals surface area contributed by atoms with Gasteiger partial charge in [-0.3, -0.25) is 9.36 Å². The van der Waals surface area contributed by atoms with E-state index in [-0.39, 0.29) is 17.0 Å². The first-order valence-electron chi connectivity index (χ1n) is 6.92. The van der Waals surface area contributed by atoms with Crippen molar-refractivity contribution >= 4 is 11.6 Å². The van der Waals surface area contributed by atoms with E-state index in [0.29, 0.717) is 12.1 Å². The van der Waals surface area contributed by atoms with Gasteiger partial charge in [-0.1, -0.05) is 11.6 Å². The van der Waals surface area contributed by atoms with Crippen molar-refractivity contribution in [3.8, 4) is 5.69 Å². The summed E-state index contributed by atoms with van der Waals surface area (Å²) in [6.07, 6.45) is -14.7. The molecule has 1 aromatic carbocycles. The molecule has 14 heteroatoms. The first-order chi connectivity index (χ1) is 12.6. The van der Waals surface area contributed by atoms with Crippen LogP contribution < -0.4 is 5.56 Å². The smallest absolute Gasteiger partial charge is 0.269 e. The van der Waals surface area contributed by atoms with Crippen LogP contribution in [-0.2, 0) is 22.9 Å². The van der Waals surface area contributed by atoms with Crippen molar-refractivity contribution in [2.45, 2.75) is 24.3 Å². The van der Waals surface area contributed by atoms with Crippen LogP contribution in [0.25, 0.3) is 5.69 Å². The Hall–Kier alpha value is -2.28. The van der Waals surface area contributed by atoms with Crippen LogP contribution >= 0.6 is 11.6 Å². The fraction of sp³-hybridized carbons (Fsp3) is 0.286. The Morgan fingerprint density at radius 2 is 1.50 bits per heavy atom. The van der Waals surface area contributed by atoms with Gasteiger partial charge in [0.15, 0.2) is 0 Å². The zero-order valence-corrected chi connectivity index (χ0v) is 13.6. The van der Waals surface area contributed by atoms with Crippen LogP contribution in [0.15, 0.2) is 29.3 Å². The number of hydrogen-bond acceptors (Lipinski definition) is 3. The van der Waals surface area contributed by atoms with Crippen LogP contribution in [-0.4, -0.2) is 15.7 Å². The molecule has 0 radical (unpaired) electrons. The molecule has 1 aliphatic heterocycles. The van der Waals surface area contributed by atoms with E-state index in [4.69, 9.17) is 11.6 Å². The molecule has 3 rings (SSSR count). The van der Waals surface area contributed by atoms with Crippen molar-refractivity contribution in [1.82, 2.24) is 9.55 Å². The molecule has 0 N–H and O–H groups in total. The molecule has 0 aliphatic carbocycles. The molecule has 0 saturated carbocycles. The molecule has 1 aliphatic rings. The summed E-state index contributed by atoms with van der Waals surface area (Å²) >= 11 is 5.69. The maximum absolute atomic E-state index is 13.6. The van der Waals surface area contributed by atoms with Crippen molar-refractivity contribution in [3.63, 3.8) is 0 Å². The molecule has 0 atom stereocenters. The van der Waals surface area contributed by atoms with Crippen LogP contribution in [0, 0.1) is 0 Å². The van der Waals surface area contributed by atoms with Gasteiger partial charge >= 0.3 is 24.3 Å². The van der Waals surface area contributed by atoms with Gasteiger partial charge in [-0.25, -0.2) is 9.72 Å². The topological polar surface area (TPSA) is 44.1 Å². The van der Waals surface area contributed by atoms with E-state index in [1.54, 1.807) is 0 Å². The minimum absolute atomic E-state index is 0.178. The molecule has 0 saturated heterocycles. The number of ether oxygens (including phenoxy) is 1. The lowest BCUT2D eigenvalue weighted by atomic mass is 10.1.